The predicted octanol–water partition coefficient (Wildman–Crippen LogP) is 2.30. The second-order valence-corrected chi connectivity index (χ2v) is 4.89. The Balaban J connectivity index is 2.13. The lowest BCUT2D eigenvalue weighted by Gasteiger charge is -2.17. The van der Waals surface area contributed by atoms with Gasteiger partial charge in [-0.2, -0.15) is 15.0 Å². The van der Waals surface area contributed by atoms with Gasteiger partial charge in [0.15, 0.2) is 0 Å². The maximum absolute atomic E-state index is 5.38. The fraction of sp³-hybridized carbons (Fsp3) is 0.769. The lowest BCUT2D eigenvalue weighted by molar-refractivity contribution is 0.312. The standard InChI is InChI=1S/C13H23N5O/c1-4-14-11-16-12(18-13(17-11)19-5-2)15-10-8-6-7-9(10)3/h9-10H,4-8H2,1-3H3,(H2,14,15,16,17,18). The Morgan fingerprint density at radius 1 is 1.16 bits per heavy atom. The third-order valence-corrected chi connectivity index (χ3v) is 3.40. The minimum absolute atomic E-state index is 0.376. The average molecular weight is 265 g/mol. The normalized spacial score (nSPS) is 22.3. The molecule has 0 saturated heterocycles. The van der Waals surface area contributed by atoms with Gasteiger partial charge < -0.3 is 15.4 Å². The van der Waals surface area contributed by atoms with E-state index in [4.69, 9.17) is 4.74 Å². The molecule has 6 nitrogen and oxygen atoms in total. The van der Waals surface area contributed by atoms with Crippen LogP contribution in [0.15, 0.2) is 0 Å². The van der Waals surface area contributed by atoms with Crippen LogP contribution < -0.4 is 15.4 Å². The van der Waals surface area contributed by atoms with Gasteiger partial charge in [-0.15, -0.1) is 0 Å². The lowest BCUT2D eigenvalue weighted by Crippen LogP contribution is -2.24. The van der Waals surface area contributed by atoms with Crippen molar-refractivity contribution in [2.45, 2.75) is 46.1 Å². The summed E-state index contributed by atoms with van der Waals surface area (Å²) in [5, 5.41) is 6.51. The molecule has 0 spiro atoms. The molecular formula is C13H23N5O. The second kappa shape index (κ2) is 6.54. The summed E-state index contributed by atoms with van der Waals surface area (Å²) >= 11 is 0. The number of rotatable bonds is 6. The van der Waals surface area contributed by atoms with E-state index in [9.17, 15) is 0 Å². The molecule has 2 N–H and O–H groups in total. The van der Waals surface area contributed by atoms with Crippen molar-refractivity contribution in [3.05, 3.63) is 0 Å². The van der Waals surface area contributed by atoms with Crippen LogP contribution in [0.4, 0.5) is 11.9 Å². The number of ether oxygens (including phenoxy) is 1. The third kappa shape index (κ3) is 3.68. The predicted molar refractivity (Wildman–Crippen MR) is 75.6 cm³/mol. The van der Waals surface area contributed by atoms with Crippen molar-refractivity contribution in [2.75, 3.05) is 23.8 Å². The van der Waals surface area contributed by atoms with Crippen molar-refractivity contribution < 1.29 is 4.74 Å². The monoisotopic (exact) mass is 265 g/mol. The van der Waals surface area contributed by atoms with E-state index in [-0.39, 0.29) is 0 Å². The summed E-state index contributed by atoms with van der Waals surface area (Å²) in [7, 11) is 0. The Morgan fingerprint density at radius 3 is 2.58 bits per heavy atom. The first-order valence-corrected chi connectivity index (χ1v) is 7.12. The molecule has 1 aromatic heterocycles. The van der Waals surface area contributed by atoms with Crippen LogP contribution in [0.1, 0.15) is 40.0 Å². The van der Waals surface area contributed by atoms with Gasteiger partial charge in [0.05, 0.1) is 6.61 Å². The smallest absolute Gasteiger partial charge is 0.323 e. The topological polar surface area (TPSA) is 72.0 Å². The molecule has 2 atom stereocenters. The summed E-state index contributed by atoms with van der Waals surface area (Å²) in [5.41, 5.74) is 0. The van der Waals surface area contributed by atoms with E-state index in [1.54, 1.807) is 0 Å². The van der Waals surface area contributed by atoms with Crippen molar-refractivity contribution in [3.8, 4) is 6.01 Å². The van der Waals surface area contributed by atoms with Crippen LogP contribution in [0.5, 0.6) is 6.01 Å². The van der Waals surface area contributed by atoms with E-state index in [1.807, 2.05) is 13.8 Å². The second-order valence-electron chi connectivity index (χ2n) is 4.89. The van der Waals surface area contributed by atoms with Crippen molar-refractivity contribution in [2.24, 2.45) is 5.92 Å². The summed E-state index contributed by atoms with van der Waals surface area (Å²) in [6, 6.07) is 0.827. The largest absolute Gasteiger partial charge is 0.464 e. The molecule has 1 aliphatic rings. The zero-order chi connectivity index (χ0) is 13.7. The molecule has 0 aromatic carbocycles. The highest BCUT2D eigenvalue weighted by Crippen LogP contribution is 2.27. The van der Waals surface area contributed by atoms with E-state index >= 15 is 0 Å². The van der Waals surface area contributed by atoms with Gasteiger partial charge in [0, 0.05) is 12.6 Å². The van der Waals surface area contributed by atoms with Crippen LogP contribution in [0.25, 0.3) is 0 Å². The van der Waals surface area contributed by atoms with Gasteiger partial charge in [0.1, 0.15) is 0 Å². The molecule has 6 heteroatoms. The number of anilines is 2. The molecule has 106 valence electrons. The SMILES string of the molecule is CCNc1nc(NC2CCCC2C)nc(OCC)n1. The quantitative estimate of drug-likeness (QED) is 0.822. The van der Waals surface area contributed by atoms with E-state index in [0.717, 1.165) is 6.54 Å². The highest BCUT2D eigenvalue weighted by molar-refractivity contribution is 5.36. The lowest BCUT2D eigenvalue weighted by atomic mass is 10.1. The fourth-order valence-electron chi connectivity index (χ4n) is 2.38. The summed E-state index contributed by atoms with van der Waals surface area (Å²) in [6.07, 6.45) is 3.71. The summed E-state index contributed by atoms with van der Waals surface area (Å²) in [5.74, 6) is 1.83. The van der Waals surface area contributed by atoms with Crippen LogP contribution in [-0.2, 0) is 0 Å². The Kier molecular flexibility index (Phi) is 4.76. The number of aromatic nitrogens is 3. The number of hydrogen-bond donors (Lipinski definition) is 2. The highest BCUT2D eigenvalue weighted by atomic mass is 16.5. The van der Waals surface area contributed by atoms with Gasteiger partial charge in [0.25, 0.3) is 0 Å². The van der Waals surface area contributed by atoms with Crippen LogP contribution in [0.2, 0.25) is 0 Å². The van der Waals surface area contributed by atoms with Gasteiger partial charge >= 0.3 is 6.01 Å². The maximum Gasteiger partial charge on any atom is 0.323 e. The molecule has 1 heterocycles. The maximum atomic E-state index is 5.38. The first kappa shape index (κ1) is 13.8. The zero-order valence-corrected chi connectivity index (χ0v) is 11.9. The molecule has 19 heavy (non-hydrogen) atoms. The third-order valence-electron chi connectivity index (χ3n) is 3.40. The van der Waals surface area contributed by atoms with Crippen LogP contribution >= 0.6 is 0 Å². The molecule has 2 unspecified atom stereocenters. The fourth-order valence-corrected chi connectivity index (χ4v) is 2.38. The summed E-state index contributed by atoms with van der Waals surface area (Å²) < 4.78 is 5.38. The van der Waals surface area contributed by atoms with Crippen LogP contribution in [0.3, 0.4) is 0 Å². The van der Waals surface area contributed by atoms with Gasteiger partial charge in [-0.3, -0.25) is 0 Å². The number of nitrogens with zero attached hydrogens (tertiary/aromatic N) is 3. The van der Waals surface area contributed by atoms with Crippen molar-refractivity contribution >= 4 is 11.9 Å². The average Bonchev–Trinajstić information content (AvgIpc) is 2.76. The minimum atomic E-state index is 0.376. The summed E-state index contributed by atoms with van der Waals surface area (Å²) in [4.78, 5) is 12.9. The minimum Gasteiger partial charge on any atom is -0.464 e. The Morgan fingerprint density at radius 2 is 1.95 bits per heavy atom. The first-order chi connectivity index (χ1) is 9.22. The van der Waals surface area contributed by atoms with Crippen LogP contribution in [0, 0.1) is 5.92 Å². The van der Waals surface area contributed by atoms with Gasteiger partial charge in [-0.05, 0) is 32.6 Å². The molecular weight excluding hydrogens is 242 g/mol. The molecule has 1 aliphatic carbocycles. The molecule has 0 radical (unpaired) electrons. The zero-order valence-electron chi connectivity index (χ0n) is 11.9. The molecule has 1 saturated carbocycles. The molecule has 2 rings (SSSR count). The molecule has 1 aromatic rings. The molecule has 0 bridgehead atoms. The van der Waals surface area contributed by atoms with Crippen molar-refractivity contribution in [1.82, 2.24) is 15.0 Å². The van der Waals surface area contributed by atoms with Crippen LogP contribution in [-0.4, -0.2) is 34.1 Å². The Hall–Kier alpha value is -1.59. The van der Waals surface area contributed by atoms with E-state index in [2.05, 4.69) is 32.5 Å². The van der Waals surface area contributed by atoms with E-state index < -0.39 is 0 Å². The Labute approximate surface area is 114 Å². The van der Waals surface area contributed by atoms with Gasteiger partial charge in [-0.25, -0.2) is 0 Å². The van der Waals surface area contributed by atoms with Crippen molar-refractivity contribution in [1.29, 1.82) is 0 Å². The number of hydrogen-bond acceptors (Lipinski definition) is 6. The first-order valence-electron chi connectivity index (χ1n) is 7.12. The Bertz CT molecular complexity index is 388. The van der Waals surface area contributed by atoms with E-state index in [1.165, 1.54) is 19.3 Å². The number of nitrogens with one attached hydrogen (secondary N) is 2. The van der Waals surface area contributed by atoms with E-state index in [0.29, 0.717) is 36.5 Å². The molecule has 0 aliphatic heterocycles. The molecule has 1 fully saturated rings. The summed E-state index contributed by atoms with van der Waals surface area (Å²) in [6.45, 7) is 7.52. The highest BCUT2D eigenvalue weighted by Gasteiger charge is 2.24. The van der Waals surface area contributed by atoms with Gasteiger partial charge in [-0.1, -0.05) is 13.3 Å². The molecule has 0 amide bonds. The van der Waals surface area contributed by atoms with Gasteiger partial charge in [0.2, 0.25) is 11.9 Å². The van der Waals surface area contributed by atoms with Crippen molar-refractivity contribution in [3.63, 3.8) is 0 Å².